The molecule has 25 heavy (non-hydrogen) atoms. The minimum atomic E-state index is -0.575. The summed E-state index contributed by atoms with van der Waals surface area (Å²) in [4.78, 5) is 26.3. The number of aromatic hydroxyl groups is 1. The average molecular weight is 354 g/mol. The van der Waals surface area contributed by atoms with Gasteiger partial charge in [0.25, 0.3) is 11.8 Å². The van der Waals surface area contributed by atoms with Gasteiger partial charge >= 0.3 is 0 Å². The molecule has 2 N–H and O–H groups in total. The van der Waals surface area contributed by atoms with E-state index in [0.717, 1.165) is 0 Å². The molecule has 0 atom stereocenters. The second-order valence-electron chi connectivity index (χ2n) is 5.22. The van der Waals surface area contributed by atoms with Crippen LogP contribution in [-0.4, -0.2) is 29.1 Å². The summed E-state index contributed by atoms with van der Waals surface area (Å²) in [6.07, 6.45) is 1.43. The van der Waals surface area contributed by atoms with Gasteiger partial charge in [-0.15, -0.1) is 0 Å². The van der Waals surface area contributed by atoms with Crippen molar-refractivity contribution in [3.63, 3.8) is 0 Å². The van der Waals surface area contributed by atoms with Crippen molar-refractivity contribution in [1.29, 1.82) is 0 Å². The van der Waals surface area contributed by atoms with Crippen LogP contribution in [-0.2, 0) is 9.59 Å². The summed E-state index contributed by atoms with van der Waals surface area (Å²) in [6, 6.07) is 13.3. The smallest absolute Gasteiger partial charge is 0.270 e. The Morgan fingerprint density at radius 1 is 1.16 bits per heavy atom. The van der Waals surface area contributed by atoms with Gasteiger partial charge in [-0.1, -0.05) is 24.3 Å². The molecule has 0 aromatic heterocycles. The molecule has 0 aliphatic carbocycles. The maximum atomic E-state index is 12.8. The quantitative estimate of drug-likeness (QED) is 0.502. The number of anilines is 1. The number of phenols is 1. The van der Waals surface area contributed by atoms with Crippen LogP contribution < -0.4 is 15.0 Å². The van der Waals surface area contributed by atoms with Gasteiger partial charge in [0, 0.05) is 0 Å². The summed E-state index contributed by atoms with van der Waals surface area (Å²) in [5.41, 5.74) is 1.03. The summed E-state index contributed by atoms with van der Waals surface area (Å²) in [5.74, 6) is -0.883. The van der Waals surface area contributed by atoms with Gasteiger partial charge < -0.3 is 9.84 Å². The molecule has 0 spiro atoms. The number of para-hydroxylation sites is 1. The Morgan fingerprint density at radius 3 is 2.56 bits per heavy atom. The number of carbonyl (C=O) groups excluding carboxylic acids is 2. The fraction of sp³-hybridized carbons (Fsp3) is 0.0556. The molecule has 2 amide bonds. The van der Waals surface area contributed by atoms with E-state index in [2.05, 4.69) is 5.32 Å². The van der Waals surface area contributed by atoms with Gasteiger partial charge in [-0.25, -0.2) is 0 Å². The number of methoxy groups -OCH3 is 1. The number of benzene rings is 2. The first kappa shape index (κ1) is 16.7. The van der Waals surface area contributed by atoms with E-state index in [0.29, 0.717) is 11.3 Å². The highest BCUT2D eigenvalue weighted by molar-refractivity contribution is 7.80. The summed E-state index contributed by atoms with van der Waals surface area (Å²) >= 11 is 5.13. The SMILES string of the molecule is COc1cc(/C=C2\C(=O)NC(=S)N(c3ccccc3)C2=O)ccc1O. The molecule has 1 saturated heterocycles. The van der Waals surface area contributed by atoms with Crippen LogP contribution >= 0.6 is 12.2 Å². The Labute approximate surface area is 149 Å². The Hall–Kier alpha value is -3.19. The van der Waals surface area contributed by atoms with E-state index in [1.54, 1.807) is 30.3 Å². The molecule has 1 aliphatic rings. The van der Waals surface area contributed by atoms with Crippen LogP contribution in [0.2, 0.25) is 0 Å². The van der Waals surface area contributed by atoms with E-state index in [1.165, 1.54) is 30.2 Å². The topological polar surface area (TPSA) is 78.9 Å². The van der Waals surface area contributed by atoms with Crippen LogP contribution in [0.15, 0.2) is 54.1 Å². The van der Waals surface area contributed by atoms with Crippen molar-refractivity contribution in [1.82, 2.24) is 5.32 Å². The predicted molar refractivity (Wildman–Crippen MR) is 97.3 cm³/mol. The molecular weight excluding hydrogens is 340 g/mol. The second kappa shape index (κ2) is 6.74. The molecule has 2 aromatic rings. The van der Waals surface area contributed by atoms with Crippen molar-refractivity contribution >= 4 is 40.9 Å². The fourth-order valence-corrected chi connectivity index (χ4v) is 2.70. The van der Waals surface area contributed by atoms with Crippen molar-refractivity contribution in [2.24, 2.45) is 0 Å². The predicted octanol–water partition coefficient (Wildman–Crippen LogP) is 2.23. The molecular formula is C18H14N2O4S. The molecule has 1 fully saturated rings. The number of phenolic OH excluding ortho intramolecular Hbond substituents is 1. The van der Waals surface area contributed by atoms with E-state index in [4.69, 9.17) is 17.0 Å². The van der Waals surface area contributed by atoms with E-state index in [1.807, 2.05) is 6.07 Å². The third-order valence-electron chi connectivity index (χ3n) is 3.63. The Balaban J connectivity index is 2.02. The third kappa shape index (κ3) is 3.22. The lowest BCUT2D eigenvalue weighted by molar-refractivity contribution is -0.122. The van der Waals surface area contributed by atoms with Crippen molar-refractivity contribution in [3.05, 3.63) is 59.7 Å². The molecule has 1 aliphatic heterocycles. The number of hydrogen-bond acceptors (Lipinski definition) is 5. The van der Waals surface area contributed by atoms with Gasteiger partial charge in [-0.3, -0.25) is 19.8 Å². The van der Waals surface area contributed by atoms with Crippen molar-refractivity contribution in [2.45, 2.75) is 0 Å². The molecule has 0 saturated carbocycles. The Kier molecular flexibility index (Phi) is 4.49. The van der Waals surface area contributed by atoms with Crippen molar-refractivity contribution in [3.8, 4) is 11.5 Å². The molecule has 6 nitrogen and oxygen atoms in total. The van der Waals surface area contributed by atoms with E-state index < -0.39 is 11.8 Å². The fourth-order valence-electron chi connectivity index (χ4n) is 2.42. The van der Waals surface area contributed by atoms with Gasteiger partial charge in [0.1, 0.15) is 5.57 Å². The van der Waals surface area contributed by atoms with Gasteiger partial charge in [0.2, 0.25) is 0 Å². The molecule has 0 unspecified atom stereocenters. The van der Waals surface area contributed by atoms with Gasteiger partial charge in [-0.05, 0) is 48.1 Å². The first-order chi connectivity index (χ1) is 12.0. The molecule has 7 heteroatoms. The number of carbonyl (C=O) groups is 2. The summed E-state index contributed by atoms with van der Waals surface area (Å²) in [5, 5.41) is 12.2. The molecule has 0 radical (unpaired) electrons. The van der Waals surface area contributed by atoms with E-state index >= 15 is 0 Å². The van der Waals surface area contributed by atoms with Crippen LogP contribution in [0, 0.1) is 0 Å². The summed E-state index contributed by atoms with van der Waals surface area (Å²) in [7, 11) is 1.42. The number of thiocarbonyl (C=S) groups is 1. The number of nitrogens with zero attached hydrogens (tertiary/aromatic N) is 1. The zero-order valence-electron chi connectivity index (χ0n) is 13.2. The second-order valence-corrected chi connectivity index (χ2v) is 5.61. The monoisotopic (exact) mass is 354 g/mol. The molecule has 126 valence electrons. The lowest BCUT2D eigenvalue weighted by Gasteiger charge is -2.28. The maximum absolute atomic E-state index is 12.8. The lowest BCUT2D eigenvalue weighted by Crippen LogP contribution is -2.54. The van der Waals surface area contributed by atoms with Crippen LogP contribution in [0.3, 0.4) is 0 Å². The molecule has 1 heterocycles. The number of rotatable bonds is 3. The van der Waals surface area contributed by atoms with E-state index in [-0.39, 0.29) is 22.2 Å². The Morgan fingerprint density at radius 2 is 1.88 bits per heavy atom. The minimum Gasteiger partial charge on any atom is -0.504 e. The summed E-state index contributed by atoms with van der Waals surface area (Å²) < 4.78 is 5.04. The number of nitrogens with one attached hydrogen (secondary N) is 1. The third-order valence-corrected chi connectivity index (χ3v) is 3.92. The maximum Gasteiger partial charge on any atom is 0.270 e. The largest absolute Gasteiger partial charge is 0.504 e. The summed E-state index contributed by atoms with van der Waals surface area (Å²) in [6.45, 7) is 0. The normalized spacial score (nSPS) is 16.1. The highest BCUT2D eigenvalue weighted by Gasteiger charge is 2.34. The number of ether oxygens (including phenoxy) is 1. The zero-order chi connectivity index (χ0) is 18.0. The molecule has 2 aromatic carbocycles. The zero-order valence-corrected chi connectivity index (χ0v) is 14.0. The first-order valence-electron chi connectivity index (χ1n) is 7.35. The van der Waals surface area contributed by atoms with Crippen LogP contribution in [0.5, 0.6) is 11.5 Å². The highest BCUT2D eigenvalue weighted by atomic mass is 32.1. The standard InChI is InChI=1S/C18H14N2O4S/c1-24-15-10-11(7-8-14(15)21)9-13-16(22)19-18(25)20(17(13)23)12-5-3-2-4-6-12/h2-10,21H,1H3,(H,19,22,25)/b13-9+. The Bertz CT molecular complexity index is 893. The van der Waals surface area contributed by atoms with Crippen LogP contribution in [0.1, 0.15) is 5.56 Å². The lowest BCUT2D eigenvalue weighted by atomic mass is 10.1. The van der Waals surface area contributed by atoms with Crippen LogP contribution in [0.25, 0.3) is 6.08 Å². The molecule has 0 bridgehead atoms. The van der Waals surface area contributed by atoms with Gasteiger partial charge in [-0.2, -0.15) is 0 Å². The van der Waals surface area contributed by atoms with Gasteiger partial charge in [0.05, 0.1) is 12.8 Å². The first-order valence-corrected chi connectivity index (χ1v) is 7.75. The number of hydrogen-bond donors (Lipinski definition) is 2. The molecule has 3 rings (SSSR count). The number of amides is 2. The minimum absolute atomic E-state index is 0.0293. The van der Waals surface area contributed by atoms with Gasteiger partial charge in [0.15, 0.2) is 16.6 Å². The average Bonchev–Trinajstić information content (AvgIpc) is 2.60. The van der Waals surface area contributed by atoms with Crippen molar-refractivity contribution < 1.29 is 19.4 Å². The van der Waals surface area contributed by atoms with E-state index in [9.17, 15) is 14.7 Å². The highest BCUT2D eigenvalue weighted by Crippen LogP contribution is 2.28. The van der Waals surface area contributed by atoms with Crippen LogP contribution in [0.4, 0.5) is 5.69 Å². The van der Waals surface area contributed by atoms with Crippen molar-refractivity contribution in [2.75, 3.05) is 12.0 Å².